The molecule has 0 aliphatic heterocycles. The van der Waals surface area contributed by atoms with Crippen molar-refractivity contribution in [3.8, 4) is 0 Å². The summed E-state index contributed by atoms with van der Waals surface area (Å²) >= 11 is 0. The molecule has 0 bridgehead atoms. The van der Waals surface area contributed by atoms with Gasteiger partial charge in [0.1, 0.15) is 5.69 Å². The first-order chi connectivity index (χ1) is 9.24. The quantitative estimate of drug-likeness (QED) is 0.774. The summed E-state index contributed by atoms with van der Waals surface area (Å²) in [5.74, 6) is -0.113. The molecule has 0 atom stereocenters. The molecule has 1 aromatic heterocycles. The van der Waals surface area contributed by atoms with E-state index in [1.54, 1.807) is 6.07 Å². The predicted molar refractivity (Wildman–Crippen MR) is 75.1 cm³/mol. The SMILES string of the molecule is CC(C)(C)CC(=O)N[C@H]1C[C@@H](c2cc(C(N)=O)[nH]n2)C1. The van der Waals surface area contributed by atoms with Gasteiger partial charge in [-0.1, -0.05) is 20.8 Å². The molecule has 0 radical (unpaired) electrons. The van der Waals surface area contributed by atoms with Gasteiger partial charge in [-0.15, -0.1) is 0 Å². The Morgan fingerprint density at radius 1 is 1.45 bits per heavy atom. The standard InChI is InChI=1S/C14H22N4O2/c1-14(2,3)7-12(19)16-9-4-8(5-9)10-6-11(13(15)20)18-17-10/h6,8-9H,4-5,7H2,1-3H3,(H2,15,20)(H,16,19)(H,17,18)/t8-,9+. The average molecular weight is 278 g/mol. The zero-order valence-corrected chi connectivity index (χ0v) is 12.2. The number of rotatable bonds is 4. The van der Waals surface area contributed by atoms with E-state index in [1.807, 2.05) is 20.8 Å². The van der Waals surface area contributed by atoms with Crippen LogP contribution >= 0.6 is 0 Å². The Morgan fingerprint density at radius 3 is 2.60 bits per heavy atom. The van der Waals surface area contributed by atoms with Crippen LogP contribution in [-0.2, 0) is 4.79 Å². The molecular weight excluding hydrogens is 256 g/mol. The van der Waals surface area contributed by atoms with Gasteiger partial charge in [-0.05, 0) is 24.3 Å². The van der Waals surface area contributed by atoms with Crippen LogP contribution in [0.5, 0.6) is 0 Å². The molecule has 1 aliphatic rings. The van der Waals surface area contributed by atoms with Crippen molar-refractivity contribution < 1.29 is 9.59 Å². The van der Waals surface area contributed by atoms with E-state index in [9.17, 15) is 9.59 Å². The van der Waals surface area contributed by atoms with Gasteiger partial charge in [-0.25, -0.2) is 0 Å². The fourth-order valence-electron chi connectivity index (χ4n) is 2.41. The van der Waals surface area contributed by atoms with E-state index in [0.717, 1.165) is 18.5 Å². The topological polar surface area (TPSA) is 101 Å². The van der Waals surface area contributed by atoms with Crippen molar-refractivity contribution in [3.05, 3.63) is 17.5 Å². The highest BCUT2D eigenvalue weighted by molar-refractivity contribution is 5.90. The van der Waals surface area contributed by atoms with Crippen molar-refractivity contribution in [2.24, 2.45) is 11.1 Å². The maximum atomic E-state index is 11.8. The Balaban J connectivity index is 1.79. The second kappa shape index (κ2) is 5.26. The van der Waals surface area contributed by atoms with Crippen LogP contribution in [0.25, 0.3) is 0 Å². The highest BCUT2D eigenvalue weighted by Crippen LogP contribution is 2.36. The third-order valence-electron chi connectivity index (χ3n) is 3.48. The van der Waals surface area contributed by atoms with Crippen LogP contribution in [0.3, 0.4) is 0 Å². The largest absolute Gasteiger partial charge is 0.364 e. The van der Waals surface area contributed by atoms with Crippen molar-refractivity contribution >= 4 is 11.8 Å². The van der Waals surface area contributed by atoms with E-state index in [4.69, 9.17) is 5.73 Å². The summed E-state index contributed by atoms with van der Waals surface area (Å²) in [5.41, 5.74) is 6.36. The second-order valence-electron chi connectivity index (χ2n) is 6.74. The minimum atomic E-state index is -0.502. The number of hydrogen-bond acceptors (Lipinski definition) is 3. The number of primary amides is 1. The van der Waals surface area contributed by atoms with Gasteiger partial charge in [0.05, 0.1) is 5.69 Å². The molecule has 1 saturated carbocycles. The molecule has 6 nitrogen and oxygen atoms in total. The van der Waals surface area contributed by atoms with E-state index in [1.165, 1.54) is 0 Å². The minimum absolute atomic E-state index is 0.00577. The predicted octanol–water partition coefficient (Wildman–Crippen LogP) is 1.31. The number of amides is 2. The van der Waals surface area contributed by atoms with Gasteiger partial charge in [-0.3, -0.25) is 14.7 Å². The maximum absolute atomic E-state index is 11.8. The summed E-state index contributed by atoms with van der Waals surface area (Å²) in [5, 5.41) is 9.76. The van der Waals surface area contributed by atoms with Gasteiger partial charge >= 0.3 is 0 Å². The number of carbonyl (C=O) groups excluding carboxylic acids is 2. The van der Waals surface area contributed by atoms with Crippen LogP contribution in [0, 0.1) is 5.41 Å². The summed E-state index contributed by atoms with van der Waals surface area (Å²) in [4.78, 5) is 22.8. The molecule has 0 saturated heterocycles. The van der Waals surface area contributed by atoms with E-state index in [-0.39, 0.29) is 17.4 Å². The maximum Gasteiger partial charge on any atom is 0.266 e. The molecule has 1 fully saturated rings. The molecule has 0 spiro atoms. The Morgan fingerprint density at radius 2 is 2.10 bits per heavy atom. The Hall–Kier alpha value is -1.85. The van der Waals surface area contributed by atoms with Crippen LogP contribution < -0.4 is 11.1 Å². The van der Waals surface area contributed by atoms with Gasteiger partial charge in [-0.2, -0.15) is 5.10 Å². The van der Waals surface area contributed by atoms with Crippen molar-refractivity contribution in [1.82, 2.24) is 15.5 Å². The molecule has 2 amide bonds. The molecule has 4 N–H and O–H groups in total. The average Bonchev–Trinajstić information content (AvgIpc) is 2.68. The second-order valence-corrected chi connectivity index (χ2v) is 6.74. The summed E-state index contributed by atoms with van der Waals surface area (Å²) in [6.07, 6.45) is 2.25. The normalized spacial score (nSPS) is 22.1. The lowest BCUT2D eigenvalue weighted by Gasteiger charge is -2.35. The lowest BCUT2D eigenvalue weighted by Crippen LogP contribution is -2.44. The van der Waals surface area contributed by atoms with Crippen molar-refractivity contribution in [2.75, 3.05) is 0 Å². The smallest absolute Gasteiger partial charge is 0.266 e. The Kier molecular flexibility index (Phi) is 3.83. The summed E-state index contributed by atoms with van der Waals surface area (Å²) in [7, 11) is 0. The van der Waals surface area contributed by atoms with Crippen LogP contribution in [0.4, 0.5) is 0 Å². The number of nitrogens with one attached hydrogen (secondary N) is 2. The molecule has 6 heteroatoms. The first kappa shape index (κ1) is 14.6. The van der Waals surface area contributed by atoms with Crippen LogP contribution in [0.2, 0.25) is 0 Å². The summed E-state index contributed by atoms with van der Waals surface area (Å²) < 4.78 is 0. The van der Waals surface area contributed by atoms with Gasteiger partial charge in [0.2, 0.25) is 5.91 Å². The van der Waals surface area contributed by atoms with Crippen molar-refractivity contribution in [3.63, 3.8) is 0 Å². The lowest BCUT2D eigenvalue weighted by molar-refractivity contribution is -0.124. The highest BCUT2D eigenvalue weighted by atomic mass is 16.2. The number of carbonyl (C=O) groups is 2. The third kappa shape index (κ3) is 3.59. The molecule has 0 aromatic carbocycles. The summed E-state index contributed by atoms with van der Waals surface area (Å²) in [6.45, 7) is 6.14. The fourth-order valence-corrected chi connectivity index (χ4v) is 2.41. The van der Waals surface area contributed by atoms with Crippen LogP contribution in [0.15, 0.2) is 6.07 Å². The molecular formula is C14H22N4O2. The lowest BCUT2D eigenvalue weighted by atomic mass is 9.78. The van der Waals surface area contributed by atoms with E-state index in [0.29, 0.717) is 18.0 Å². The molecule has 2 rings (SSSR count). The van der Waals surface area contributed by atoms with Gasteiger partial charge < -0.3 is 11.1 Å². The number of nitrogens with zero attached hydrogens (tertiary/aromatic N) is 1. The van der Waals surface area contributed by atoms with Crippen molar-refractivity contribution in [2.45, 2.75) is 52.0 Å². The molecule has 110 valence electrons. The molecule has 0 unspecified atom stereocenters. The highest BCUT2D eigenvalue weighted by Gasteiger charge is 2.33. The molecule has 20 heavy (non-hydrogen) atoms. The first-order valence-corrected chi connectivity index (χ1v) is 6.89. The van der Waals surface area contributed by atoms with Crippen LogP contribution in [-0.4, -0.2) is 28.1 Å². The zero-order valence-electron chi connectivity index (χ0n) is 12.2. The van der Waals surface area contributed by atoms with E-state index < -0.39 is 5.91 Å². The van der Waals surface area contributed by atoms with Gasteiger partial charge in [0.15, 0.2) is 0 Å². The molecule has 1 aliphatic carbocycles. The van der Waals surface area contributed by atoms with Gasteiger partial charge in [0.25, 0.3) is 5.91 Å². The Bertz CT molecular complexity index is 509. The monoisotopic (exact) mass is 278 g/mol. The number of nitrogens with two attached hydrogens (primary N) is 1. The van der Waals surface area contributed by atoms with Crippen LogP contribution in [0.1, 0.15) is 62.1 Å². The number of hydrogen-bond donors (Lipinski definition) is 3. The van der Waals surface area contributed by atoms with E-state index in [2.05, 4.69) is 15.5 Å². The number of H-pyrrole nitrogens is 1. The first-order valence-electron chi connectivity index (χ1n) is 6.89. The summed E-state index contributed by atoms with van der Waals surface area (Å²) in [6, 6.07) is 1.91. The fraction of sp³-hybridized carbons (Fsp3) is 0.643. The zero-order chi connectivity index (χ0) is 14.9. The number of aromatic nitrogens is 2. The van der Waals surface area contributed by atoms with E-state index >= 15 is 0 Å². The number of aromatic amines is 1. The van der Waals surface area contributed by atoms with Crippen molar-refractivity contribution in [1.29, 1.82) is 0 Å². The third-order valence-corrected chi connectivity index (χ3v) is 3.48. The van der Waals surface area contributed by atoms with Gasteiger partial charge in [0, 0.05) is 18.4 Å². The minimum Gasteiger partial charge on any atom is -0.364 e. The molecule has 1 heterocycles. The Labute approximate surface area is 118 Å². The molecule has 1 aromatic rings.